The quantitative estimate of drug-likeness (QED) is 0.904. The number of nitrogens with one attached hydrogen (secondary N) is 1. The zero-order chi connectivity index (χ0) is 13.5. The molecule has 104 valence electrons. The molecular formula is C17H20N2S. The summed E-state index contributed by atoms with van der Waals surface area (Å²) >= 11 is 1.92. The van der Waals surface area contributed by atoms with E-state index in [1.807, 2.05) is 11.3 Å². The molecule has 2 aliphatic rings. The number of rotatable bonds is 2. The van der Waals surface area contributed by atoms with Gasteiger partial charge in [-0.3, -0.25) is 4.90 Å². The number of thiophene rings is 1. The van der Waals surface area contributed by atoms with Gasteiger partial charge in [0.15, 0.2) is 0 Å². The summed E-state index contributed by atoms with van der Waals surface area (Å²) in [6.07, 6.45) is 2.38. The van der Waals surface area contributed by atoms with Gasteiger partial charge >= 0.3 is 0 Å². The van der Waals surface area contributed by atoms with E-state index in [2.05, 4.69) is 52.9 Å². The highest BCUT2D eigenvalue weighted by atomic mass is 32.1. The van der Waals surface area contributed by atoms with Crippen molar-refractivity contribution in [1.29, 1.82) is 0 Å². The summed E-state index contributed by atoms with van der Waals surface area (Å²) in [6, 6.07) is 12.2. The Morgan fingerprint density at radius 3 is 3.10 bits per heavy atom. The topological polar surface area (TPSA) is 15.3 Å². The molecule has 3 heteroatoms. The van der Waals surface area contributed by atoms with Gasteiger partial charge in [-0.25, -0.2) is 0 Å². The van der Waals surface area contributed by atoms with Crippen LogP contribution in [-0.2, 0) is 12.8 Å². The number of anilines is 1. The van der Waals surface area contributed by atoms with Crippen LogP contribution in [0.4, 0.5) is 5.69 Å². The van der Waals surface area contributed by atoms with Crippen LogP contribution in [0.15, 0.2) is 35.7 Å². The Labute approximate surface area is 124 Å². The predicted octanol–water partition coefficient (Wildman–Crippen LogP) is 3.70. The number of hydrogen-bond donors (Lipinski definition) is 1. The van der Waals surface area contributed by atoms with Gasteiger partial charge in [-0.05, 0) is 48.4 Å². The fraction of sp³-hybridized carbons (Fsp3) is 0.412. The van der Waals surface area contributed by atoms with Gasteiger partial charge < -0.3 is 5.32 Å². The molecule has 0 aliphatic carbocycles. The van der Waals surface area contributed by atoms with Crippen LogP contribution < -0.4 is 5.32 Å². The van der Waals surface area contributed by atoms with Crippen LogP contribution in [0, 0.1) is 0 Å². The van der Waals surface area contributed by atoms with Crippen molar-refractivity contribution in [2.24, 2.45) is 0 Å². The molecule has 1 aromatic heterocycles. The lowest BCUT2D eigenvalue weighted by Gasteiger charge is -2.35. The molecule has 1 aromatic carbocycles. The fourth-order valence-corrected chi connectivity index (χ4v) is 4.54. The average Bonchev–Trinajstić information content (AvgIpc) is 3.08. The second-order valence-corrected chi connectivity index (χ2v) is 6.92. The normalized spacial score (nSPS) is 25.1. The van der Waals surface area contributed by atoms with Crippen molar-refractivity contribution in [3.63, 3.8) is 0 Å². The van der Waals surface area contributed by atoms with Gasteiger partial charge in [0.05, 0.1) is 0 Å². The van der Waals surface area contributed by atoms with E-state index in [1.165, 1.54) is 24.2 Å². The Hall–Kier alpha value is -1.32. The SMILES string of the molecule is CC1c2ccsc2CCN1CC1Cc2ccccc2N1. The molecular weight excluding hydrogens is 264 g/mol. The molecule has 0 bridgehead atoms. The van der Waals surface area contributed by atoms with E-state index in [9.17, 15) is 0 Å². The summed E-state index contributed by atoms with van der Waals surface area (Å²) < 4.78 is 0. The van der Waals surface area contributed by atoms with Gasteiger partial charge in [-0.15, -0.1) is 11.3 Å². The van der Waals surface area contributed by atoms with Gasteiger partial charge in [-0.2, -0.15) is 0 Å². The third kappa shape index (κ3) is 2.05. The fourth-order valence-electron chi connectivity index (χ4n) is 3.58. The Kier molecular flexibility index (Phi) is 3.04. The predicted molar refractivity (Wildman–Crippen MR) is 85.6 cm³/mol. The highest BCUT2D eigenvalue weighted by molar-refractivity contribution is 7.10. The largest absolute Gasteiger partial charge is 0.380 e. The maximum Gasteiger partial charge on any atom is 0.0429 e. The summed E-state index contributed by atoms with van der Waals surface area (Å²) in [5.74, 6) is 0. The van der Waals surface area contributed by atoms with Gasteiger partial charge in [-0.1, -0.05) is 18.2 Å². The van der Waals surface area contributed by atoms with Crippen LogP contribution in [0.2, 0.25) is 0 Å². The lowest BCUT2D eigenvalue weighted by atomic mass is 10.0. The molecule has 2 atom stereocenters. The van der Waals surface area contributed by atoms with Crippen LogP contribution in [0.5, 0.6) is 0 Å². The monoisotopic (exact) mass is 284 g/mol. The molecule has 0 spiro atoms. The number of fused-ring (bicyclic) bond motifs is 2. The van der Waals surface area contributed by atoms with Crippen molar-refractivity contribution in [2.45, 2.75) is 31.8 Å². The smallest absolute Gasteiger partial charge is 0.0429 e. The first-order valence-electron chi connectivity index (χ1n) is 7.46. The standard InChI is InChI=1S/C17H20N2S/c1-12-15-7-9-20-17(15)6-8-19(12)11-14-10-13-4-2-3-5-16(13)18-14/h2-5,7,9,12,14,18H,6,8,10-11H2,1H3. The zero-order valence-electron chi connectivity index (χ0n) is 11.8. The maximum absolute atomic E-state index is 3.68. The van der Waals surface area contributed by atoms with Crippen LogP contribution in [-0.4, -0.2) is 24.0 Å². The molecule has 2 aliphatic heterocycles. The minimum Gasteiger partial charge on any atom is -0.380 e. The highest BCUT2D eigenvalue weighted by Gasteiger charge is 2.28. The second-order valence-electron chi connectivity index (χ2n) is 5.92. The van der Waals surface area contributed by atoms with Crippen LogP contribution in [0.3, 0.4) is 0 Å². The lowest BCUT2D eigenvalue weighted by molar-refractivity contribution is 0.193. The molecule has 2 aromatic rings. The highest BCUT2D eigenvalue weighted by Crippen LogP contribution is 2.34. The van der Waals surface area contributed by atoms with Crippen molar-refractivity contribution in [3.05, 3.63) is 51.7 Å². The summed E-state index contributed by atoms with van der Waals surface area (Å²) in [5.41, 5.74) is 4.36. The van der Waals surface area contributed by atoms with E-state index in [0.29, 0.717) is 12.1 Å². The Balaban J connectivity index is 1.47. The van der Waals surface area contributed by atoms with Gasteiger partial charge in [0.2, 0.25) is 0 Å². The zero-order valence-corrected chi connectivity index (χ0v) is 12.6. The van der Waals surface area contributed by atoms with Crippen molar-refractivity contribution < 1.29 is 0 Å². The Morgan fingerprint density at radius 1 is 1.30 bits per heavy atom. The molecule has 0 radical (unpaired) electrons. The van der Waals surface area contributed by atoms with E-state index in [-0.39, 0.29) is 0 Å². The maximum atomic E-state index is 3.68. The number of hydrogen-bond acceptors (Lipinski definition) is 3. The van der Waals surface area contributed by atoms with Crippen molar-refractivity contribution in [2.75, 3.05) is 18.4 Å². The van der Waals surface area contributed by atoms with Gasteiger partial charge in [0, 0.05) is 35.7 Å². The molecule has 0 saturated carbocycles. The number of para-hydroxylation sites is 1. The third-order valence-corrected chi connectivity index (χ3v) is 5.70. The minimum absolute atomic E-state index is 0.565. The first kappa shape index (κ1) is 12.4. The summed E-state index contributed by atoms with van der Waals surface area (Å²) in [6.45, 7) is 4.70. The molecule has 3 heterocycles. The Morgan fingerprint density at radius 2 is 2.20 bits per heavy atom. The molecule has 0 fully saturated rings. The van der Waals surface area contributed by atoms with E-state index in [1.54, 1.807) is 10.4 Å². The molecule has 0 saturated heterocycles. The molecule has 0 amide bonds. The first-order chi connectivity index (χ1) is 9.81. The third-order valence-electron chi connectivity index (χ3n) is 4.70. The van der Waals surface area contributed by atoms with Crippen molar-refractivity contribution in [3.8, 4) is 0 Å². The Bertz CT molecular complexity index is 594. The summed E-state index contributed by atoms with van der Waals surface area (Å²) in [5, 5.41) is 5.93. The summed E-state index contributed by atoms with van der Waals surface area (Å²) in [4.78, 5) is 4.23. The molecule has 1 N–H and O–H groups in total. The lowest BCUT2D eigenvalue weighted by Crippen LogP contribution is -2.40. The number of nitrogens with zero attached hydrogens (tertiary/aromatic N) is 1. The van der Waals surface area contributed by atoms with E-state index in [0.717, 1.165) is 13.0 Å². The molecule has 4 rings (SSSR count). The van der Waals surface area contributed by atoms with Crippen LogP contribution >= 0.6 is 11.3 Å². The van der Waals surface area contributed by atoms with E-state index in [4.69, 9.17) is 0 Å². The van der Waals surface area contributed by atoms with Crippen LogP contribution in [0.1, 0.15) is 29.0 Å². The second kappa shape index (κ2) is 4.90. The number of benzene rings is 1. The van der Waals surface area contributed by atoms with Gasteiger partial charge in [0.1, 0.15) is 0 Å². The van der Waals surface area contributed by atoms with E-state index < -0.39 is 0 Å². The van der Waals surface area contributed by atoms with Crippen molar-refractivity contribution >= 4 is 17.0 Å². The molecule has 2 nitrogen and oxygen atoms in total. The van der Waals surface area contributed by atoms with Crippen molar-refractivity contribution in [1.82, 2.24) is 4.90 Å². The summed E-state index contributed by atoms with van der Waals surface area (Å²) in [7, 11) is 0. The average molecular weight is 284 g/mol. The van der Waals surface area contributed by atoms with Gasteiger partial charge in [0.25, 0.3) is 0 Å². The first-order valence-corrected chi connectivity index (χ1v) is 8.34. The van der Waals surface area contributed by atoms with Crippen LogP contribution in [0.25, 0.3) is 0 Å². The minimum atomic E-state index is 0.565. The van der Waals surface area contributed by atoms with E-state index >= 15 is 0 Å². The molecule has 20 heavy (non-hydrogen) atoms. The molecule has 2 unspecified atom stereocenters.